The van der Waals surface area contributed by atoms with Gasteiger partial charge in [0.2, 0.25) is 0 Å². The van der Waals surface area contributed by atoms with E-state index in [9.17, 15) is 0 Å². The van der Waals surface area contributed by atoms with Crippen LogP contribution in [0.25, 0.3) is 0 Å². The molecule has 2 aromatic carbocycles. The second kappa shape index (κ2) is 6.47. The Kier molecular flexibility index (Phi) is 4.67. The summed E-state index contributed by atoms with van der Waals surface area (Å²) in [5, 5.41) is 3.55. The summed E-state index contributed by atoms with van der Waals surface area (Å²) in [7, 11) is 0. The first-order valence-electron chi connectivity index (χ1n) is 7.17. The van der Waals surface area contributed by atoms with Crippen LogP contribution in [0.1, 0.15) is 36.6 Å². The number of ether oxygens (including phenoxy) is 1. The van der Waals surface area contributed by atoms with Gasteiger partial charge in [-0.25, -0.2) is 0 Å². The molecule has 1 atom stereocenters. The van der Waals surface area contributed by atoms with Crippen LogP contribution in [0.5, 0.6) is 5.75 Å². The van der Waals surface area contributed by atoms with Crippen LogP contribution >= 0.6 is 0 Å². The van der Waals surface area contributed by atoms with Crippen LogP contribution in [-0.2, 0) is 0 Å². The molecule has 0 saturated heterocycles. The number of hydrogen-bond donors (Lipinski definition) is 1. The van der Waals surface area contributed by atoms with E-state index in [0.717, 1.165) is 11.4 Å². The zero-order valence-electron chi connectivity index (χ0n) is 12.7. The third-order valence-electron chi connectivity index (χ3n) is 3.58. The smallest absolute Gasteiger partial charge is 0.124 e. The molecule has 2 aromatic rings. The molecule has 1 unspecified atom stereocenters. The Morgan fingerprint density at radius 1 is 1.05 bits per heavy atom. The van der Waals surface area contributed by atoms with Crippen LogP contribution < -0.4 is 10.1 Å². The van der Waals surface area contributed by atoms with Gasteiger partial charge in [-0.15, -0.1) is 0 Å². The molecule has 2 heteroatoms. The molecule has 20 heavy (non-hydrogen) atoms. The second-order valence-corrected chi connectivity index (χ2v) is 5.14. The molecule has 0 aromatic heterocycles. The molecule has 0 aliphatic rings. The Balaban J connectivity index is 2.19. The number of nitrogens with one attached hydrogen (secondary N) is 1. The van der Waals surface area contributed by atoms with Crippen LogP contribution in [0.4, 0.5) is 5.69 Å². The minimum absolute atomic E-state index is 0.208. The molecule has 0 aliphatic carbocycles. The van der Waals surface area contributed by atoms with E-state index in [-0.39, 0.29) is 6.04 Å². The Morgan fingerprint density at radius 3 is 2.50 bits per heavy atom. The summed E-state index contributed by atoms with van der Waals surface area (Å²) >= 11 is 0. The Hall–Kier alpha value is -1.96. The third-order valence-corrected chi connectivity index (χ3v) is 3.58. The SMILES string of the molecule is CCOc1ccccc1C(C)Nc1ccc(C)c(C)c1. The summed E-state index contributed by atoms with van der Waals surface area (Å²) in [5.41, 5.74) is 4.96. The average molecular weight is 269 g/mol. The molecule has 2 rings (SSSR count). The lowest BCUT2D eigenvalue weighted by atomic mass is 10.1. The highest BCUT2D eigenvalue weighted by atomic mass is 16.5. The Labute approximate surface area is 121 Å². The van der Waals surface area contributed by atoms with Crippen molar-refractivity contribution in [2.45, 2.75) is 33.7 Å². The number of benzene rings is 2. The van der Waals surface area contributed by atoms with Gasteiger partial charge in [0, 0.05) is 11.3 Å². The van der Waals surface area contributed by atoms with E-state index in [1.54, 1.807) is 0 Å². The van der Waals surface area contributed by atoms with Crippen LogP contribution in [-0.4, -0.2) is 6.61 Å². The number of para-hydroxylation sites is 1. The van der Waals surface area contributed by atoms with Crippen molar-refractivity contribution in [3.05, 3.63) is 59.2 Å². The van der Waals surface area contributed by atoms with Gasteiger partial charge in [0.05, 0.1) is 12.6 Å². The van der Waals surface area contributed by atoms with E-state index >= 15 is 0 Å². The van der Waals surface area contributed by atoms with Crippen LogP contribution in [0.15, 0.2) is 42.5 Å². The van der Waals surface area contributed by atoms with Crippen molar-refractivity contribution in [2.24, 2.45) is 0 Å². The lowest BCUT2D eigenvalue weighted by molar-refractivity contribution is 0.335. The normalized spacial score (nSPS) is 12.0. The fraction of sp³-hybridized carbons (Fsp3) is 0.333. The number of aryl methyl sites for hydroxylation is 2. The summed E-state index contributed by atoms with van der Waals surface area (Å²) in [6.45, 7) is 9.13. The van der Waals surface area contributed by atoms with Gasteiger partial charge in [-0.05, 0) is 57.0 Å². The van der Waals surface area contributed by atoms with Crippen molar-refractivity contribution in [3.8, 4) is 5.75 Å². The minimum atomic E-state index is 0.208. The molecule has 1 N–H and O–H groups in total. The van der Waals surface area contributed by atoms with Gasteiger partial charge in [-0.1, -0.05) is 24.3 Å². The topological polar surface area (TPSA) is 21.3 Å². The van der Waals surface area contributed by atoms with Gasteiger partial charge in [0.1, 0.15) is 5.75 Å². The molecule has 106 valence electrons. The summed E-state index contributed by atoms with van der Waals surface area (Å²) in [6.07, 6.45) is 0. The highest BCUT2D eigenvalue weighted by molar-refractivity contribution is 5.51. The predicted molar refractivity (Wildman–Crippen MR) is 85.6 cm³/mol. The van der Waals surface area contributed by atoms with E-state index in [1.165, 1.54) is 16.7 Å². The zero-order chi connectivity index (χ0) is 14.5. The molecule has 0 radical (unpaired) electrons. The van der Waals surface area contributed by atoms with E-state index in [2.05, 4.69) is 56.4 Å². The molecule has 0 spiro atoms. The van der Waals surface area contributed by atoms with Crippen molar-refractivity contribution in [1.82, 2.24) is 0 Å². The van der Waals surface area contributed by atoms with Crippen molar-refractivity contribution in [2.75, 3.05) is 11.9 Å². The van der Waals surface area contributed by atoms with Crippen molar-refractivity contribution < 1.29 is 4.74 Å². The van der Waals surface area contributed by atoms with Crippen molar-refractivity contribution >= 4 is 5.69 Å². The number of anilines is 1. The summed E-state index contributed by atoms with van der Waals surface area (Å²) in [6, 6.07) is 14.9. The molecular formula is C18H23NO. The fourth-order valence-corrected chi connectivity index (χ4v) is 2.28. The van der Waals surface area contributed by atoms with E-state index < -0.39 is 0 Å². The first-order chi connectivity index (χ1) is 9.61. The van der Waals surface area contributed by atoms with Gasteiger partial charge >= 0.3 is 0 Å². The maximum Gasteiger partial charge on any atom is 0.124 e. The van der Waals surface area contributed by atoms with E-state index in [1.807, 2.05) is 19.1 Å². The van der Waals surface area contributed by atoms with Crippen LogP contribution in [0.3, 0.4) is 0 Å². The summed E-state index contributed by atoms with van der Waals surface area (Å²) in [5.74, 6) is 0.957. The van der Waals surface area contributed by atoms with Gasteiger partial charge in [-0.2, -0.15) is 0 Å². The maximum absolute atomic E-state index is 5.70. The largest absolute Gasteiger partial charge is 0.494 e. The molecule has 0 heterocycles. The monoisotopic (exact) mass is 269 g/mol. The van der Waals surface area contributed by atoms with Gasteiger partial charge in [0.25, 0.3) is 0 Å². The van der Waals surface area contributed by atoms with E-state index in [0.29, 0.717) is 6.61 Å². The predicted octanol–water partition coefficient (Wildman–Crippen LogP) is 4.88. The summed E-state index contributed by atoms with van der Waals surface area (Å²) in [4.78, 5) is 0. The van der Waals surface area contributed by atoms with Crippen LogP contribution in [0.2, 0.25) is 0 Å². The zero-order valence-corrected chi connectivity index (χ0v) is 12.7. The molecule has 2 nitrogen and oxygen atoms in total. The number of hydrogen-bond acceptors (Lipinski definition) is 2. The highest BCUT2D eigenvalue weighted by Gasteiger charge is 2.11. The quantitative estimate of drug-likeness (QED) is 0.835. The third kappa shape index (κ3) is 3.32. The molecule has 0 amide bonds. The number of rotatable bonds is 5. The fourth-order valence-electron chi connectivity index (χ4n) is 2.28. The molecular weight excluding hydrogens is 246 g/mol. The molecule has 0 bridgehead atoms. The maximum atomic E-state index is 5.70. The van der Waals surface area contributed by atoms with Crippen molar-refractivity contribution in [1.29, 1.82) is 0 Å². The Morgan fingerprint density at radius 2 is 1.80 bits per heavy atom. The van der Waals surface area contributed by atoms with Gasteiger partial charge in [0.15, 0.2) is 0 Å². The minimum Gasteiger partial charge on any atom is -0.494 e. The summed E-state index contributed by atoms with van der Waals surface area (Å²) < 4.78 is 5.70. The van der Waals surface area contributed by atoms with Gasteiger partial charge < -0.3 is 10.1 Å². The van der Waals surface area contributed by atoms with E-state index in [4.69, 9.17) is 4.74 Å². The first-order valence-corrected chi connectivity index (χ1v) is 7.17. The second-order valence-electron chi connectivity index (χ2n) is 5.14. The Bertz CT molecular complexity index is 577. The molecule has 0 saturated carbocycles. The molecule has 0 aliphatic heterocycles. The van der Waals surface area contributed by atoms with Gasteiger partial charge in [-0.3, -0.25) is 0 Å². The van der Waals surface area contributed by atoms with Crippen molar-refractivity contribution in [3.63, 3.8) is 0 Å². The van der Waals surface area contributed by atoms with Crippen LogP contribution in [0, 0.1) is 13.8 Å². The lowest BCUT2D eigenvalue weighted by Crippen LogP contribution is -2.09. The lowest BCUT2D eigenvalue weighted by Gasteiger charge is -2.19. The highest BCUT2D eigenvalue weighted by Crippen LogP contribution is 2.28. The molecule has 0 fully saturated rings. The average Bonchev–Trinajstić information content (AvgIpc) is 2.44. The first kappa shape index (κ1) is 14.4. The standard InChI is InChI=1S/C18H23NO/c1-5-20-18-9-7-6-8-17(18)15(4)19-16-11-10-13(2)14(3)12-16/h6-12,15,19H,5H2,1-4H3.